The second-order valence-corrected chi connectivity index (χ2v) is 7.04. The standard InChI is InChI=1S/C16H19N3S/c1-10-5-7-11(8-6-10)13-14(17)19-12(16(2,3)4)9-20-15(19)18-13/h5-9H,17H2,1-4H3. The smallest absolute Gasteiger partial charge is 0.196 e. The Morgan fingerprint density at radius 3 is 2.40 bits per heavy atom. The van der Waals surface area contributed by atoms with Crippen LogP contribution in [0.2, 0.25) is 0 Å². The van der Waals surface area contributed by atoms with E-state index in [2.05, 4.69) is 61.7 Å². The van der Waals surface area contributed by atoms with Gasteiger partial charge in [-0.1, -0.05) is 50.6 Å². The van der Waals surface area contributed by atoms with Crippen LogP contribution < -0.4 is 5.73 Å². The zero-order chi connectivity index (χ0) is 14.5. The topological polar surface area (TPSA) is 43.3 Å². The van der Waals surface area contributed by atoms with Gasteiger partial charge in [-0.3, -0.25) is 4.40 Å². The predicted octanol–water partition coefficient (Wildman–Crippen LogP) is 4.25. The van der Waals surface area contributed by atoms with E-state index in [1.54, 1.807) is 11.3 Å². The molecule has 3 aromatic rings. The summed E-state index contributed by atoms with van der Waals surface area (Å²) in [6.07, 6.45) is 0. The van der Waals surface area contributed by atoms with Crippen LogP contribution in [0.25, 0.3) is 16.2 Å². The molecule has 2 N–H and O–H groups in total. The molecule has 0 fully saturated rings. The van der Waals surface area contributed by atoms with Crippen molar-refractivity contribution in [3.63, 3.8) is 0 Å². The van der Waals surface area contributed by atoms with E-state index in [0.717, 1.165) is 22.0 Å². The van der Waals surface area contributed by atoms with Gasteiger partial charge in [-0.25, -0.2) is 4.98 Å². The van der Waals surface area contributed by atoms with Gasteiger partial charge in [-0.15, -0.1) is 11.3 Å². The first kappa shape index (κ1) is 13.2. The number of hydrogen-bond acceptors (Lipinski definition) is 3. The van der Waals surface area contributed by atoms with Crippen LogP contribution in [0.1, 0.15) is 32.0 Å². The molecular formula is C16H19N3S. The van der Waals surface area contributed by atoms with E-state index in [1.807, 2.05) is 0 Å². The van der Waals surface area contributed by atoms with E-state index in [-0.39, 0.29) is 5.41 Å². The SMILES string of the molecule is Cc1ccc(-c2nc3scc(C(C)(C)C)n3c2N)cc1. The average molecular weight is 285 g/mol. The number of hydrogen-bond donors (Lipinski definition) is 1. The normalized spacial score (nSPS) is 12.2. The second kappa shape index (κ2) is 4.35. The Morgan fingerprint density at radius 2 is 1.80 bits per heavy atom. The third-order valence-corrected chi connectivity index (χ3v) is 4.32. The molecule has 4 heteroatoms. The van der Waals surface area contributed by atoms with E-state index in [1.165, 1.54) is 11.3 Å². The van der Waals surface area contributed by atoms with Gasteiger partial charge in [0.05, 0.1) is 0 Å². The van der Waals surface area contributed by atoms with Crippen molar-refractivity contribution in [2.75, 3.05) is 5.73 Å². The summed E-state index contributed by atoms with van der Waals surface area (Å²) in [5.74, 6) is 0.732. The fraction of sp³-hybridized carbons (Fsp3) is 0.312. The zero-order valence-corrected chi connectivity index (χ0v) is 13.1. The Bertz CT molecular complexity index is 757. The molecule has 0 atom stereocenters. The number of aryl methyl sites for hydroxylation is 1. The molecule has 0 bridgehead atoms. The number of nitrogen functional groups attached to an aromatic ring is 1. The van der Waals surface area contributed by atoms with Gasteiger partial charge in [0.2, 0.25) is 0 Å². The molecule has 3 nitrogen and oxygen atoms in total. The maximum absolute atomic E-state index is 6.36. The quantitative estimate of drug-likeness (QED) is 0.726. The maximum atomic E-state index is 6.36. The number of anilines is 1. The van der Waals surface area contributed by atoms with Crippen molar-refractivity contribution in [2.24, 2.45) is 0 Å². The van der Waals surface area contributed by atoms with Gasteiger partial charge >= 0.3 is 0 Å². The van der Waals surface area contributed by atoms with E-state index in [0.29, 0.717) is 0 Å². The van der Waals surface area contributed by atoms with Crippen LogP contribution in [0, 0.1) is 6.92 Å². The summed E-state index contributed by atoms with van der Waals surface area (Å²) in [4.78, 5) is 5.66. The average Bonchev–Trinajstić information content (AvgIpc) is 2.91. The van der Waals surface area contributed by atoms with Crippen LogP contribution in [0.5, 0.6) is 0 Å². The lowest BCUT2D eigenvalue weighted by Gasteiger charge is -2.17. The highest BCUT2D eigenvalue weighted by molar-refractivity contribution is 7.15. The highest BCUT2D eigenvalue weighted by atomic mass is 32.1. The Balaban J connectivity index is 2.22. The summed E-state index contributed by atoms with van der Waals surface area (Å²) in [6, 6.07) is 8.34. The van der Waals surface area contributed by atoms with Crippen LogP contribution in [0.15, 0.2) is 29.6 Å². The van der Waals surface area contributed by atoms with Crippen LogP contribution >= 0.6 is 11.3 Å². The molecule has 0 amide bonds. The minimum atomic E-state index is 0.0532. The number of fused-ring (bicyclic) bond motifs is 1. The minimum absolute atomic E-state index is 0.0532. The van der Waals surface area contributed by atoms with Crippen LogP contribution in [0.3, 0.4) is 0 Å². The Labute approximate surface area is 123 Å². The van der Waals surface area contributed by atoms with E-state index >= 15 is 0 Å². The molecule has 104 valence electrons. The Kier molecular flexibility index (Phi) is 2.87. The van der Waals surface area contributed by atoms with Gasteiger partial charge in [-0.2, -0.15) is 0 Å². The Hall–Kier alpha value is -1.81. The molecule has 0 aliphatic rings. The van der Waals surface area contributed by atoms with Crippen molar-refractivity contribution in [1.82, 2.24) is 9.38 Å². The first-order valence-corrected chi connectivity index (χ1v) is 7.59. The van der Waals surface area contributed by atoms with E-state index < -0.39 is 0 Å². The van der Waals surface area contributed by atoms with Crippen molar-refractivity contribution in [3.8, 4) is 11.3 Å². The number of benzene rings is 1. The highest BCUT2D eigenvalue weighted by Gasteiger charge is 2.23. The summed E-state index contributed by atoms with van der Waals surface area (Å²) in [5.41, 5.74) is 10.8. The first-order chi connectivity index (χ1) is 9.38. The molecule has 2 aromatic heterocycles. The monoisotopic (exact) mass is 285 g/mol. The van der Waals surface area contributed by atoms with Gasteiger partial charge in [0.25, 0.3) is 0 Å². The van der Waals surface area contributed by atoms with Gasteiger partial charge in [0.15, 0.2) is 4.96 Å². The second-order valence-electron chi connectivity index (χ2n) is 6.20. The van der Waals surface area contributed by atoms with Crippen LogP contribution in [0.4, 0.5) is 5.82 Å². The lowest BCUT2D eigenvalue weighted by Crippen LogP contribution is -2.14. The fourth-order valence-corrected chi connectivity index (χ4v) is 3.44. The molecule has 0 saturated carbocycles. The molecule has 1 aromatic carbocycles. The number of thiazole rings is 1. The van der Waals surface area contributed by atoms with Crippen LogP contribution in [-0.2, 0) is 5.41 Å². The maximum Gasteiger partial charge on any atom is 0.196 e. The molecule has 0 aliphatic heterocycles. The number of imidazole rings is 1. The third kappa shape index (κ3) is 2.00. The van der Waals surface area contributed by atoms with Gasteiger partial charge < -0.3 is 5.73 Å². The fourth-order valence-electron chi connectivity index (χ4n) is 2.32. The van der Waals surface area contributed by atoms with E-state index in [9.17, 15) is 0 Å². The van der Waals surface area contributed by atoms with Crippen molar-refractivity contribution in [2.45, 2.75) is 33.1 Å². The van der Waals surface area contributed by atoms with Gasteiger partial charge in [0, 0.05) is 22.1 Å². The molecule has 2 heterocycles. The summed E-state index contributed by atoms with van der Waals surface area (Å²) >= 11 is 1.65. The van der Waals surface area contributed by atoms with Gasteiger partial charge in [-0.05, 0) is 6.92 Å². The van der Waals surface area contributed by atoms with Gasteiger partial charge in [0.1, 0.15) is 11.5 Å². The molecule has 0 aliphatic carbocycles. The largest absolute Gasteiger partial charge is 0.383 e. The predicted molar refractivity (Wildman–Crippen MR) is 86.4 cm³/mol. The summed E-state index contributed by atoms with van der Waals surface area (Å²) < 4.78 is 2.08. The third-order valence-electron chi connectivity index (χ3n) is 3.49. The number of nitrogens with two attached hydrogens (primary N) is 1. The number of rotatable bonds is 1. The lowest BCUT2D eigenvalue weighted by molar-refractivity contribution is 0.566. The summed E-state index contributed by atoms with van der Waals surface area (Å²) in [7, 11) is 0. The molecule has 0 saturated heterocycles. The van der Waals surface area contributed by atoms with E-state index in [4.69, 9.17) is 10.7 Å². The van der Waals surface area contributed by atoms with Crippen LogP contribution in [-0.4, -0.2) is 9.38 Å². The minimum Gasteiger partial charge on any atom is -0.383 e. The van der Waals surface area contributed by atoms with Crippen molar-refractivity contribution in [3.05, 3.63) is 40.9 Å². The molecule has 0 spiro atoms. The number of nitrogens with zero attached hydrogens (tertiary/aromatic N) is 2. The Morgan fingerprint density at radius 1 is 1.15 bits per heavy atom. The molecule has 20 heavy (non-hydrogen) atoms. The molecule has 0 unspecified atom stereocenters. The summed E-state index contributed by atoms with van der Waals surface area (Å²) in [5, 5.41) is 2.15. The molecule has 3 rings (SSSR count). The molecular weight excluding hydrogens is 266 g/mol. The van der Waals surface area contributed by atoms with Crippen molar-refractivity contribution in [1.29, 1.82) is 0 Å². The lowest BCUT2D eigenvalue weighted by atomic mass is 9.93. The first-order valence-electron chi connectivity index (χ1n) is 6.71. The highest BCUT2D eigenvalue weighted by Crippen LogP contribution is 2.34. The molecule has 0 radical (unpaired) electrons. The van der Waals surface area contributed by atoms with Crippen molar-refractivity contribution >= 4 is 22.1 Å². The summed E-state index contributed by atoms with van der Waals surface area (Å²) in [6.45, 7) is 8.66. The van der Waals surface area contributed by atoms with Crippen molar-refractivity contribution < 1.29 is 0 Å². The zero-order valence-electron chi connectivity index (χ0n) is 12.3. The number of aromatic nitrogens is 2.